The van der Waals surface area contributed by atoms with Gasteiger partial charge < -0.3 is 10.1 Å². The van der Waals surface area contributed by atoms with Crippen LogP contribution in [0.4, 0.5) is 5.69 Å². The zero-order valence-electron chi connectivity index (χ0n) is 11.2. The summed E-state index contributed by atoms with van der Waals surface area (Å²) in [5.41, 5.74) is 1.66. The summed E-state index contributed by atoms with van der Waals surface area (Å²) < 4.78 is 6.43. The van der Waals surface area contributed by atoms with Crippen molar-refractivity contribution in [2.45, 2.75) is 13.3 Å². The van der Waals surface area contributed by atoms with Crippen LogP contribution >= 0.6 is 15.9 Å². The van der Waals surface area contributed by atoms with E-state index in [2.05, 4.69) is 21.2 Å². The van der Waals surface area contributed by atoms with Gasteiger partial charge in [-0.2, -0.15) is 0 Å². The van der Waals surface area contributed by atoms with Crippen LogP contribution in [-0.2, 0) is 11.2 Å². The van der Waals surface area contributed by atoms with Gasteiger partial charge in [0, 0.05) is 4.47 Å². The van der Waals surface area contributed by atoms with Crippen molar-refractivity contribution in [3.63, 3.8) is 0 Å². The minimum atomic E-state index is -0.0657. The number of anilines is 1. The molecule has 0 saturated heterocycles. The first-order chi connectivity index (χ1) is 9.70. The zero-order valence-corrected chi connectivity index (χ0v) is 12.8. The molecule has 0 aliphatic rings. The molecular formula is C16H16BrNO2. The van der Waals surface area contributed by atoms with E-state index in [9.17, 15) is 4.79 Å². The Morgan fingerprint density at radius 1 is 1.15 bits per heavy atom. The molecule has 0 fully saturated rings. The fourth-order valence-electron chi connectivity index (χ4n) is 1.86. The lowest BCUT2D eigenvalue weighted by Gasteiger charge is -2.11. The molecule has 0 spiro atoms. The van der Waals surface area contributed by atoms with Crippen LogP contribution in [0, 0.1) is 0 Å². The normalized spacial score (nSPS) is 10.1. The topological polar surface area (TPSA) is 38.3 Å². The van der Waals surface area contributed by atoms with E-state index in [4.69, 9.17) is 4.74 Å². The second kappa shape index (κ2) is 7.10. The first kappa shape index (κ1) is 14.6. The molecular weight excluding hydrogens is 318 g/mol. The largest absolute Gasteiger partial charge is 0.492 e. The molecule has 0 bridgehead atoms. The molecule has 0 radical (unpaired) electrons. The highest BCUT2D eigenvalue weighted by Gasteiger charge is 2.09. The Morgan fingerprint density at radius 3 is 2.60 bits per heavy atom. The number of ether oxygens (including phenoxy) is 1. The summed E-state index contributed by atoms with van der Waals surface area (Å²) >= 11 is 3.44. The maximum absolute atomic E-state index is 12.1. The third-order valence-electron chi connectivity index (χ3n) is 2.77. The van der Waals surface area contributed by atoms with Gasteiger partial charge in [0.2, 0.25) is 5.91 Å². The van der Waals surface area contributed by atoms with Crippen LogP contribution in [-0.4, -0.2) is 12.5 Å². The molecule has 1 amide bonds. The Morgan fingerprint density at radius 2 is 1.85 bits per heavy atom. The second-order valence-electron chi connectivity index (χ2n) is 4.25. The van der Waals surface area contributed by atoms with E-state index in [1.807, 2.05) is 55.5 Å². The van der Waals surface area contributed by atoms with E-state index >= 15 is 0 Å². The van der Waals surface area contributed by atoms with E-state index in [-0.39, 0.29) is 5.91 Å². The highest BCUT2D eigenvalue weighted by atomic mass is 79.9. The van der Waals surface area contributed by atoms with Crippen molar-refractivity contribution in [3.05, 3.63) is 58.6 Å². The number of hydrogen-bond acceptors (Lipinski definition) is 2. The van der Waals surface area contributed by atoms with Crippen molar-refractivity contribution >= 4 is 27.5 Å². The fourth-order valence-corrected chi connectivity index (χ4v) is 2.29. The number of amides is 1. The Hall–Kier alpha value is -1.81. The van der Waals surface area contributed by atoms with Crippen LogP contribution < -0.4 is 10.1 Å². The van der Waals surface area contributed by atoms with Crippen LogP contribution in [0.5, 0.6) is 5.75 Å². The van der Waals surface area contributed by atoms with Crippen molar-refractivity contribution in [1.29, 1.82) is 0 Å². The Labute approximate surface area is 127 Å². The SMILES string of the molecule is CCOc1ccccc1NC(=O)Cc1ccccc1Br. The van der Waals surface area contributed by atoms with Crippen molar-refractivity contribution in [2.24, 2.45) is 0 Å². The van der Waals surface area contributed by atoms with Gasteiger partial charge in [-0.3, -0.25) is 4.79 Å². The monoisotopic (exact) mass is 333 g/mol. The number of nitrogens with one attached hydrogen (secondary N) is 1. The summed E-state index contributed by atoms with van der Waals surface area (Å²) in [6.45, 7) is 2.48. The number of hydrogen-bond donors (Lipinski definition) is 1. The van der Waals surface area contributed by atoms with E-state index < -0.39 is 0 Å². The number of para-hydroxylation sites is 2. The lowest BCUT2D eigenvalue weighted by molar-refractivity contribution is -0.115. The molecule has 20 heavy (non-hydrogen) atoms. The lowest BCUT2D eigenvalue weighted by atomic mass is 10.1. The van der Waals surface area contributed by atoms with E-state index in [1.54, 1.807) is 0 Å². The summed E-state index contributed by atoms with van der Waals surface area (Å²) in [5, 5.41) is 2.89. The standard InChI is InChI=1S/C16H16BrNO2/c1-2-20-15-10-6-5-9-14(15)18-16(19)11-12-7-3-4-8-13(12)17/h3-10H,2,11H2,1H3,(H,18,19). The van der Waals surface area contributed by atoms with E-state index in [0.29, 0.717) is 24.5 Å². The van der Waals surface area contributed by atoms with Crippen LogP contribution in [0.25, 0.3) is 0 Å². The van der Waals surface area contributed by atoms with Gasteiger partial charge in [0.1, 0.15) is 5.75 Å². The average Bonchev–Trinajstić information content (AvgIpc) is 2.44. The third-order valence-corrected chi connectivity index (χ3v) is 3.54. The smallest absolute Gasteiger partial charge is 0.228 e. The molecule has 0 aromatic heterocycles. The Kier molecular flexibility index (Phi) is 5.18. The summed E-state index contributed by atoms with van der Waals surface area (Å²) in [4.78, 5) is 12.1. The molecule has 2 aromatic carbocycles. The van der Waals surface area contributed by atoms with Gasteiger partial charge in [0.15, 0.2) is 0 Å². The number of halogens is 1. The Bertz CT molecular complexity index is 599. The molecule has 0 heterocycles. The number of carbonyl (C=O) groups excluding carboxylic acids is 1. The highest BCUT2D eigenvalue weighted by molar-refractivity contribution is 9.10. The molecule has 2 aromatic rings. The van der Waals surface area contributed by atoms with Crippen molar-refractivity contribution in [1.82, 2.24) is 0 Å². The minimum Gasteiger partial charge on any atom is -0.492 e. The van der Waals surface area contributed by atoms with Gasteiger partial charge in [0.25, 0.3) is 0 Å². The van der Waals surface area contributed by atoms with Crippen LogP contribution in [0.15, 0.2) is 53.0 Å². The number of carbonyl (C=O) groups is 1. The molecule has 0 saturated carbocycles. The molecule has 104 valence electrons. The number of benzene rings is 2. The molecule has 0 atom stereocenters. The van der Waals surface area contributed by atoms with E-state index in [1.165, 1.54) is 0 Å². The zero-order chi connectivity index (χ0) is 14.4. The highest BCUT2D eigenvalue weighted by Crippen LogP contribution is 2.24. The van der Waals surface area contributed by atoms with Gasteiger partial charge in [0.05, 0.1) is 18.7 Å². The molecule has 4 heteroatoms. The van der Waals surface area contributed by atoms with Gasteiger partial charge >= 0.3 is 0 Å². The Balaban J connectivity index is 2.07. The summed E-state index contributed by atoms with van der Waals surface area (Å²) in [5.74, 6) is 0.625. The van der Waals surface area contributed by atoms with Crippen molar-refractivity contribution in [2.75, 3.05) is 11.9 Å². The summed E-state index contributed by atoms with van der Waals surface area (Å²) in [6, 6.07) is 15.1. The molecule has 0 aliphatic carbocycles. The minimum absolute atomic E-state index is 0.0657. The predicted octanol–water partition coefficient (Wildman–Crippen LogP) is 4.03. The van der Waals surface area contributed by atoms with Gasteiger partial charge in [-0.1, -0.05) is 46.3 Å². The van der Waals surface area contributed by atoms with Crippen LogP contribution in [0.1, 0.15) is 12.5 Å². The van der Waals surface area contributed by atoms with Crippen LogP contribution in [0.3, 0.4) is 0 Å². The van der Waals surface area contributed by atoms with Gasteiger partial charge in [-0.05, 0) is 30.7 Å². The average molecular weight is 334 g/mol. The summed E-state index contributed by atoms with van der Waals surface area (Å²) in [6.07, 6.45) is 0.321. The quantitative estimate of drug-likeness (QED) is 0.897. The van der Waals surface area contributed by atoms with Crippen LogP contribution in [0.2, 0.25) is 0 Å². The number of rotatable bonds is 5. The fraction of sp³-hybridized carbons (Fsp3) is 0.188. The molecule has 3 nitrogen and oxygen atoms in total. The first-order valence-electron chi connectivity index (χ1n) is 6.45. The predicted molar refractivity (Wildman–Crippen MR) is 84.1 cm³/mol. The van der Waals surface area contributed by atoms with Crippen molar-refractivity contribution < 1.29 is 9.53 Å². The lowest BCUT2D eigenvalue weighted by Crippen LogP contribution is -2.15. The molecule has 0 unspecified atom stereocenters. The molecule has 0 aliphatic heterocycles. The first-order valence-corrected chi connectivity index (χ1v) is 7.25. The maximum Gasteiger partial charge on any atom is 0.228 e. The summed E-state index contributed by atoms with van der Waals surface area (Å²) in [7, 11) is 0. The van der Waals surface area contributed by atoms with Gasteiger partial charge in [-0.25, -0.2) is 0 Å². The van der Waals surface area contributed by atoms with Gasteiger partial charge in [-0.15, -0.1) is 0 Å². The molecule has 2 rings (SSSR count). The second-order valence-corrected chi connectivity index (χ2v) is 5.10. The van der Waals surface area contributed by atoms with E-state index in [0.717, 1.165) is 10.0 Å². The maximum atomic E-state index is 12.1. The molecule has 1 N–H and O–H groups in total. The van der Waals surface area contributed by atoms with Crippen molar-refractivity contribution in [3.8, 4) is 5.75 Å². The third kappa shape index (κ3) is 3.84.